The molecule has 0 saturated heterocycles. The SMILES string of the molecule is CON(C)C(=O)c1cc2ccc(O)cc2s1. The molecule has 1 heterocycles. The average Bonchev–Trinajstić information content (AvgIpc) is 2.69. The van der Waals surface area contributed by atoms with Gasteiger partial charge in [0.1, 0.15) is 5.75 Å². The highest BCUT2D eigenvalue weighted by Gasteiger charge is 2.14. The summed E-state index contributed by atoms with van der Waals surface area (Å²) in [5, 5.41) is 11.4. The minimum Gasteiger partial charge on any atom is -0.508 e. The van der Waals surface area contributed by atoms with Gasteiger partial charge in [0, 0.05) is 11.7 Å². The standard InChI is InChI=1S/C11H11NO3S/c1-12(15-2)11(14)10-5-7-3-4-8(13)6-9(7)16-10/h3-6,13H,1-2H3. The van der Waals surface area contributed by atoms with Crippen LogP contribution < -0.4 is 0 Å². The van der Waals surface area contributed by atoms with Crippen LogP contribution in [0.1, 0.15) is 9.67 Å². The van der Waals surface area contributed by atoms with Crippen molar-refractivity contribution < 1.29 is 14.7 Å². The lowest BCUT2D eigenvalue weighted by molar-refractivity contribution is -0.0753. The minimum absolute atomic E-state index is 0.191. The number of carbonyl (C=O) groups is 1. The van der Waals surface area contributed by atoms with Crippen molar-refractivity contribution in [3.63, 3.8) is 0 Å². The molecule has 4 nitrogen and oxygen atoms in total. The number of hydrogen-bond acceptors (Lipinski definition) is 4. The van der Waals surface area contributed by atoms with Crippen LogP contribution in [0.2, 0.25) is 0 Å². The molecule has 1 amide bonds. The largest absolute Gasteiger partial charge is 0.508 e. The van der Waals surface area contributed by atoms with Gasteiger partial charge < -0.3 is 5.11 Å². The second kappa shape index (κ2) is 4.11. The van der Waals surface area contributed by atoms with Crippen molar-refractivity contribution in [2.45, 2.75) is 0 Å². The summed E-state index contributed by atoms with van der Waals surface area (Å²) < 4.78 is 0.882. The number of carbonyl (C=O) groups excluding carboxylic acids is 1. The molecule has 0 unspecified atom stereocenters. The smallest absolute Gasteiger partial charge is 0.287 e. The predicted molar refractivity (Wildman–Crippen MR) is 62.6 cm³/mol. The van der Waals surface area contributed by atoms with Gasteiger partial charge in [-0.2, -0.15) is 0 Å². The van der Waals surface area contributed by atoms with Gasteiger partial charge in [0.15, 0.2) is 0 Å². The fourth-order valence-corrected chi connectivity index (χ4v) is 2.43. The maximum absolute atomic E-state index is 11.8. The third kappa shape index (κ3) is 1.87. The Morgan fingerprint density at radius 2 is 2.19 bits per heavy atom. The van der Waals surface area contributed by atoms with Gasteiger partial charge >= 0.3 is 0 Å². The van der Waals surface area contributed by atoms with Gasteiger partial charge in [-0.3, -0.25) is 9.63 Å². The molecule has 0 radical (unpaired) electrons. The summed E-state index contributed by atoms with van der Waals surface area (Å²) in [6.07, 6.45) is 0. The summed E-state index contributed by atoms with van der Waals surface area (Å²) in [6.45, 7) is 0. The Kier molecular flexibility index (Phi) is 2.80. The first-order valence-corrected chi connectivity index (χ1v) is 5.48. The van der Waals surface area contributed by atoms with Crippen molar-refractivity contribution in [3.8, 4) is 5.75 Å². The number of hydrogen-bond donors (Lipinski definition) is 1. The summed E-state index contributed by atoms with van der Waals surface area (Å²) in [6, 6.07) is 6.81. The lowest BCUT2D eigenvalue weighted by atomic mass is 10.2. The van der Waals surface area contributed by atoms with Gasteiger partial charge in [-0.05, 0) is 29.7 Å². The zero-order valence-electron chi connectivity index (χ0n) is 8.93. The molecule has 1 aromatic heterocycles. The van der Waals surface area contributed by atoms with E-state index < -0.39 is 0 Å². The van der Waals surface area contributed by atoms with E-state index in [1.807, 2.05) is 0 Å². The summed E-state index contributed by atoms with van der Waals surface area (Å²) >= 11 is 1.33. The van der Waals surface area contributed by atoms with Crippen LogP contribution in [0.5, 0.6) is 5.75 Å². The number of hydroxylamine groups is 2. The Bertz CT molecular complexity index is 535. The quantitative estimate of drug-likeness (QED) is 0.815. The monoisotopic (exact) mass is 237 g/mol. The lowest BCUT2D eigenvalue weighted by Crippen LogP contribution is -2.24. The van der Waals surface area contributed by atoms with Crippen LogP contribution >= 0.6 is 11.3 Å². The van der Waals surface area contributed by atoms with E-state index in [1.54, 1.807) is 31.3 Å². The Morgan fingerprint density at radius 3 is 2.88 bits per heavy atom. The number of phenols is 1. The van der Waals surface area contributed by atoms with Crippen LogP contribution in [0.25, 0.3) is 10.1 Å². The normalized spacial score (nSPS) is 10.6. The van der Waals surface area contributed by atoms with E-state index in [1.165, 1.54) is 23.5 Å². The first-order chi connectivity index (χ1) is 7.61. The van der Waals surface area contributed by atoms with Crippen molar-refractivity contribution in [2.24, 2.45) is 0 Å². The van der Waals surface area contributed by atoms with Gasteiger partial charge in [0.2, 0.25) is 0 Å². The lowest BCUT2D eigenvalue weighted by Gasteiger charge is -2.11. The fraction of sp³-hybridized carbons (Fsp3) is 0.182. The van der Waals surface area contributed by atoms with E-state index >= 15 is 0 Å². The molecule has 84 valence electrons. The fourth-order valence-electron chi connectivity index (χ4n) is 1.36. The number of rotatable bonds is 2. The topological polar surface area (TPSA) is 49.8 Å². The maximum atomic E-state index is 11.8. The van der Waals surface area contributed by atoms with Crippen LogP contribution in [0.3, 0.4) is 0 Å². The van der Waals surface area contributed by atoms with Crippen molar-refractivity contribution in [2.75, 3.05) is 14.2 Å². The minimum atomic E-state index is -0.191. The highest BCUT2D eigenvalue weighted by molar-refractivity contribution is 7.20. The van der Waals surface area contributed by atoms with Crippen LogP contribution in [-0.2, 0) is 4.84 Å². The first kappa shape index (κ1) is 10.9. The molecule has 0 saturated carbocycles. The van der Waals surface area contributed by atoms with Crippen LogP contribution in [0.4, 0.5) is 0 Å². The number of benzene rings is 1. The number of phenolic OH excluding ortho intramolecular Hbond substituents is 1. The number of thiophene rings is 1. The molecule has 16 heavy (non-hydrogen) atoms. The average molecular weight is 237 g/mol. The Morgan fingerprint density at radius 1 is 1.44 bits per heavy atom. The molecule has 0 atom stereocenters. The molecule has 0 spiro atoms. The second-order valence-corrected chi connectivity index (χ2v) is 4.40. The number of nitrogens with zero attached hydrogens (tertiary/aromatic N) is 1. The first-order valence-electron chi connectivity index (χ1n) is 4.66. The van der Waals surface area contributed by atoms with Crippen LogP contribution in [0.15, 0.2) is 24.3 Å². The number of aromatic hydroxyl groups is 1. The molecule has 2 rings (SSSR count). The van der Waals surface area contributed by atoms with Crippen molar-refractivity contribution >= 4 is 27.3 Å². The molecule has 2 aromatic rings. The van der Waals surface area contributed by atoms with E-state index in [-0.39, 0.29) is 11.7 Å². The van der Waals surface area contributed by atoms with Crippen molar-refractivity contribution in [1.82, 2.24) is 5.06 Å². The summed E-state index contributed by atoms with van der Waals surface area (Å²) in [5.41, 5.74) is 0. The molecule has 0 fully saturated rings. The molecule has 0 aliphatic heterocycles. The summed E-state index contributed by atoms with van der Waals surface area (Å²) in [4.78, 5) is 17.2. The van der Waals surface area contributed by atoms with Crippen LogP contribution in [0, 0.1) is 0 Å². The van der Waals surface area contributed by atoms with E-state index in [2.05, 4.69) is 0 Å². The van der Waals surface area contributed by atoms with E-state index in [9.17, 15) is 9.90 Å². The molecule has 0 aliphatic carbocycles. The second-order valence-electron chi connectivity index (χ2n) is 3.32. The number of fused-ring (bicyclic) bond motifs is 1. The Balaban J connectivity index is 2.43. The third-order valence-corrected chi connectivity index (χ3v) is 3.36. The van der Waals surface area contributed by atoms with Crippen molar-refractivity contribution in [1.29, 1.82) is 0 Å². The van der Waals surface area contributed by atoms with E-state index in [4.69, 9.17) is 4.84 Å². The van der Waals surface area contributed by atoms with Gasteiger partial charge in [-0.1, -0.05) is 0 Å². The van der Waals surface area contributed by atoms with Gasteiger partial charge in [-0.25, -0.2) is 5.06 Å². The highest BCUT2D eigenvalue weighted by atomic mass is 32.1. The Hall–Kier alpha value is -1.59. The van der Waals surface area contributed by atoms with E-state index in [0.717, 1.165) is 10.1 Å². The maximum Gasteiger partial charge on any atom is 0.287 e. The molecule has 1 N–H and O–H groups in total. The predicted octanol–water partition coefficient (Wildman–Crippen LogP) is 2.24. The zero-order valence-corrected chi connectivity index (χ0v) is 9.75. The summed E-state index contributed by atoms with van der Waals surface area (Å²) in [7, 11) is 3.00. The Labute approximate surface area is 96.6 Å². The van der Waals surface area contributed by atoms with Gasteiger partial charge in [-0.15, -0.1) is 11.3 Å². The zero-order chi connectivity index (χ0) is 11.7. The molecule has 0 aliphatic rings. The molecule has 5 heteroatoms. The molecular formula is C11H11NO3S. The van der Waals surface area contributed by atoms with E-state index in [0.29, 0.717) is 4.88 Å². The van der Waals surface area contributed by atoms with Crippen LogP contribution in [-0.4, -0.2) is 30.2 Å². The molecular weight excluding hydrogens is 226 g/mol. The number of amides is 1. The van der Waals surface area contributed by atoms with Gasteiger partial charge in [0.25, 0.3) is 5.91 Å². The van der Waals surface area contributed by atoms with Gasteiger partial charge in [0.05, 0.1) is 12.0 Å². The molecule has 1 aromatic carbocycles. The highest BCUT2D eigenvalue weighted by Crippen LogP contribution is 2.29. The van der Waals surface area contributed by atoms with Crippen molar-refractivity contribution in [3.05, 3.63) is 29.1 Å². The third-order valence-electron chi connectivity index (χ3n) is 2.27. The summed E-state index contributed by atoms with van der Waals surface area (Å²) in [5.74, 6) is 0.0108. The molecule has 0 bridgehead atoms.